The number of anilines is 1. The lowest BCUT2D eigenvalue weighted by Gasteiger charge is -2.19. The Balaban J connectivity index is 1.62. The first-order chi connectivity index (χ1) is 14.2. The van der Waals surface area contributed by atoms with E-state index >= 15 is 0 Å². The molecule has 0 spiro atoms. The standard InChI is InChI=1S/C24H26N4O/c1-28(17-18-10-4-2-5-11-18)24(29)21-16-22(25-20-14-8-9-15-20)27-23(26-21)19-12-6-3-7-13-19/h2-7,10-13,16,20H,8-9,14-15,17H2,1H3,(H,25,26,27). The topological polar surface area (TPSA) is 58.1 Å². The number of hydrogen-bond acceptors (Lipinski definition) is 4. The molecule has 29 heavy (non-hydrogen) atoms. The fourth-order valence-corrected chi connectivity index (χ4v) is 3.75. The molecule has 5 nitrogen and oxygen atoms in total. The highest BCUT2D eigenvalue weighted by Crippen LogP contribution is 2.24. The van der Waals surface area contributed by atoms with E-state index in [1.54, 1.807) is 11.0 Å². The Morgan fingerprint density at radius 2 is 1.66 bits per heavy atom. The molecule has 0 saturated heterocycles. The van der Waals surface area contributed by atoms with Gasteiger partial charge in [-0.05, 0) is 18.4 Å². The predicted molar refractivity (Wildman–Crippen MR) is 116 cm³/mol. The SMILES string of the molecule is CN(Cc1ccccc1)C(=O)c1cc(NC2CCCC2)nc(-c2ccccc2)n1. The Hall–Kier alpha value is -3.21. The van der Waals surface area contributed by atoms with Crippen molar-refractivity contribution in [1.29, 1.82) is 0 Å². The lowest BCUT2D eigenvalue weighted by atomic mass is 10.2. The Morgan fingerprint density at radius 1 is 1.00 bits per heavy atom. The molecule has 0 atom stereocenters. The van der Waals surface area contributed by atoms with Gasteiger partial charge in [0.25, 0.3) is 5.91 Å². The predicted octanol–water partition coefficient (Wildman–Crippen LogP) is 4.77. The molecule has 1 amide bonds. The third kappa shape index (κ3) is 4.80. The van der Waals surface area contributed by atoms with E-state index in [-0.39, 0.29) is 5.91 Å². The van der Waals surface area contributed by atoms with Crippen molar-refractivity contribution in [2.24, 2.45) is 0 Å². The van der Waals surface area contributed by atoms with Gasteiger partial charge in [0.2, 0.25) is 0 Å². The molecule has 0 bridgehead atoms. The van der Waals surface area contributed by atoms with Crippen LogP contribution in [0.2, 0.25) is 0 Å². The molecule has 148 valence electrons. The summed E-state index contributed by atoms with van der Waals surface area (Å²) in [6, 6.07) is 22.0. The van der Waals surface area contributed by atoms with E-state index in [0.29, 0.717) is 24.1 Å². The molecule has 0 radical (unpaired) electrons. The van der Waals surface area contributed by atoms with Crippen LogP contribution >= 0.6 is 0 Å². The van der Waals surface area contributed by atoms with Crippen LogP contribution in [0.15, 0.2) is 66.7 Å². The van der Waals surface area contributed by atoms with Gasteiger partial charge in [0.05, 0.1) is 0 Å². The molecular weight excluding hydrogens is 360 g/mol. The summed E-state index contributed by atoms with van der Waals surface area (Å²) in [6.45, 7) is 0.537. The van der Waals surface area contributed by atoms with Crippen LogP contribution in [0.4, 0.5) is 5.82 Å². The molecule has 0 aliphatic heterocycles. The number of rotatable bonds is 6. The summed E-state index contributed by atoms with van der Waals surface area (Å²) in [6.07, 6.45) is 4.75. The van der Waals surface area contributed by atoms with E-state index in [4.69, 9.17) is 4.98 Å². The molecule has 1 aromatic heterocycles. The Kier molecular flexibility index (Phi) is 5.84. The van der Waals surface area contributed by atoms with Gasteiger partial charge in [-0.15, -0.1) is 0 Å². The molecule has 4 rings (SSSR count). The zero-order chi connectivity index (χ0) is 20.1. The summed E-state index contributed by atoms with van der Waals surface area (Å²) in [4.78, 5) is 24.1. The maximum Gasteiger partial charge on any atom is 0.272 e. The molecule has 1 fully saturated rings. The number of carbonyl (C=O) groups excluding carboxylic acids is 1. The summed E-state index contributed by atoms with van der Waals surface area (Å²) >= 11 is 0. The Bertz CT molecular complexity index is 953. The van der Waals surface area contributed by atoms with Crippen molar-refractivity contribution in [1.82, 2.24) is 14.9 Å². The van der Waals surface area contributed by atoms with Crippen LogP contribution in [0.3, 0.4) is 0 Å². The maximum absolute atomic E-state index is 13.1. The highest BCUT2D eigenvalue weighted by Gasteiger charge is 2.20. The zero-order valence-corrected chi connectivity index (χ0v) is 16.7. The van der Waals surface area contributed by atoms with Crippen LogP contribution < -0.4 is 5.32 Å². The first kappa shape index (κ1) is 19.1. The van der Waals surface area contributed by atoms with E-state index in [1.807, 2.05) is 67.7 Å². The van der Waals surface area contributed by atoms with Gasteiger partial charge >= 0.3 is 0 Å². The second-order valence-corrected chi connectivity index (χ2v) is 7.60. The summed E-state index contributed by atoms with van der Waals surface area (Å²) in [7, 11) is 1.81. The fraction of sp³-hybridized carbons (Fsp3) is 0.292. The normalized spacial score (nSPS) is 14.0. The quantitative estimate of drug-likeness (QED) is 0.663. The molecule has 1 aliphatic rings. The zero-order valence-electron chi connectivity index (χ0n) is 16.7. The van der Waals surface area contributed by atoms with Crippen molar-refractivity contribution in [3.8, 4) is 11.4 Å². The van der Waals surface area contributed by atoms with E-state index < -0.39 is 0 Å². The number of hydrogen-bond donors (Lipinski definition) is 1. The van der Waals surface area contributed by atoms with Gasteiger partial charge in [-0.25, -0.2) is 9.97 Å². The van der Waals surface area contributed by atoms with Gasteiger partial charge in [0.15, 0.2) is 5.82 Å². The average Bonchev–Trinajstić information content (AvgIpc) is 3.27. The summed E-state index contributed by atoms with van der Waals surface area (Å²) < 4.78 is 0. The third-order valence-corrected chi connectivity index (χ3v) is 5.29. The Morgan fingerprint density at radius 3 is 2.34 bits per heavy atom. The molecule has 1 saturated carbocycles. The second-order valence-electron chi connectivity index (χ2n) is 7.60. The third-order valence-electron chi connectivity index (χ3n) is 5.29. The highest BCUT2D eigenvalue weighted by molar-refractivity contribution is 5.93. The largest absolute Gasteiger partial charge is 0.367 e. The Labute approximate surface area is 171 Å². The van der Waals surface area contributed by atoms with E-state index in [1.165, 1.54) is 12.8 Å². The first-order valence-corrected chi connectivity index (χ1v) is 10.2. The van der Waals surface area contributed by atoms with Crippen LogP contribution in [-0.2, 0) is 6.54 Å². The fourth-order valence-electron chi connectivity index (χ4n) is 3.75. The molecule has 1 heterocycles. The number of amides is 1. The number of benzene rings is 2. The average molecular weight is 386 g/mol. The summed E-state index contributed by atoms with van der Waals surface area (Å²) in [5.74, 6) is 1.19. The summed E-state index contributed by atoms with van der Waals surface area (Å²) in [5.41, 5.74) is 2.41. The number of nitrogens with zero attached hydrogens (tertiary/aromatic N) is 3. The van der Waals surface area contributed by atoms with Crippen molar-refractivity contribution >= 4 is 11.7 Å². The lowest BCUT2D eigenvalue weighted by Crippen LogP contribution is -2.27. The van der Waals surface area contributed by atoms with Crippen LogP contribution in [0, 0.1) is 0 Å². The smallest absolute Gasteiger partial charge is 0.272 e. The van der Waals surface area contributed by atoms with Crippen LogP contribution in [0.25, 0.3) is 11.4 Å². The van der Waals surface area contributed by atoms with E-state index in [2.05, 4.69) is 10.3 Å². The van der Waals surface area contributed by atoms with Gasteiger partial charge in [-0.3, -0.25) is 4.79 Å². The molecule has 3 aromatic rings. The number of nitrogens with one attached hydrogen (secondary N) is 1. The maximum atomic E-state index is 13.1. The minimum atomic E-state index is -0.108. The molecule has 2 aromatic carbocycles. The first-order valence-electron chi connectivity index (χ1n) is 10.2. The summed E-state index contributed by atoms with van der Waals surface area (Å²) in [5, 5.41) is 3.51. The van der Waals surface area contributed by atoms with Crippen molar-refractivity contribution in [2.45, 2.75) is 38.3 Å². The van der Waals surface area contributed by atoms with Crippen molar-refractivity contribution in [3.63, 3.8) is 0 Å². The van der Waals surface area contributed by atoms with Gasteiger partial charge in [0.1, 0.15) is 11.5 Å². The van der Waals surface area contributed by atoms with E-state index in [9.17, 15) is 4.79 Å². The van der Waals surface area contributed by atoms with Gasteiger partial charge in [-0.1, -0.05) is 73.5 Å². The minimum absolute atomic E-state index is 0.108. The second kappa shape index (κ2) is 8.86. The number of carbonyl (C=O) groups is 1. The van der Waals surface area contributed by atoms with Crippen LogP contribution in [0.1, 0.15) is 41.7 Å². The van der Waals surface area contributed by atoms with Gasteiger partial charge in [0, 0.05) is 31.3 Å². The van der Waals surface area contributed by atoms with Crippen LogP contribution in [0.5, 0.6) is 0 Å². The molecule has 1 aliphatic carbocycles. The molecule has 0 unspecified atom stereocenters. The highest BCUT2D eigenvalue weighted by atomic mass is 16.2. The number of aromatic nitrogens is 2. The minimum Gasteiger partial charge on any atom is -0.367 e. The molecule has 1 N–H and O–H groups in total. The van der Waals surface area contributed by atoms with E-state index in [0.717, 1.165) is 29.8 Å². The molecular formula is C24H26N4O. The van der Waals surface area contributed by atoms with Crippen molar-refractivity contribution < 1.29 is 4.79 Å². The van der Waals surface area contributed by atoms with Gasteiger partial charge in [-0.2, -0.15) is 0 Å². The molecule has 5 heteroatoms. The van der Waals surface area contributed by atoms with Crippen molar-refractivity contribution in [2.75, 3.05) is 12.4 Å². The van der Waals surface area contributed by atoms with Gasteiger partial charge < -0.3 is 10.2 Å². The van der Waals surface area contributed by atoms with Crippen LogP contribution in [-0.4, -0.2) is 33.9 Å². The lowest BCUT2D eigenvalue weighted by molar-refractivity contribution is 0.0779. The monoisotopic (exact) mass is 386 g/mol. The van der Waals surface area contributed by atoms with Crippen molar-refractivity contribution in [3.05, 3.63) is 78.0 Å².